The summed E-state index contributed by atoms with van der Waals surface area (Å²) in [7, 11) is 3.13. The summed E-state index contributed by atoms with van der Waals surface area (Å²) in [6, 6.07) is 10.3. The zero-order valence-corrected chi connectivity index (χ0v) is 17.0. The van der Waals surface area contributed by atoms with Crippen LogP contribution in [0.15, 0.2) is 40.9 Å². The highest BCUT2D eigenvalue weighted by Gasteiger charge is 2.23. The van der Waals surface area contributed by atoms with Crippen molar-refractivity contribution in [1.29, 1.82) is 0 Å². The average Bonchev–Trinajstić information content (AvgIpc) is 2.70. The van der Waals surface area contributed by atoms with Crippen LogP contribution in [0.2, 0.25) is 0 Å². The van der Waals surface area contributed by atoms with E-state index in [0.29, 0.717) is 34.6 Å². The number of amides is 1. The van der Waals surface area contributed by atoms with Crippen LogP contribution < -0.4 is 9.47 Å². The third kappa shape index (κ3) is 4.78. The van der Waals surface area contributed by atoms with Crippen LogP contribution in [0.1, 0.15) is 15.9 Å². The number of benzene rings is 2. The van der Waals surface area contributed by atoms with E-state index in [4.69, 9.17) is 9.47 Å². The summed E-state index contributed by atoms with van der Waals surface area (Å²) in [5, 5.41) is 0. The lowest BCUT2D eigenvalue weighted by Gasteiger charge is -2.35. The predicted molar refractivity (Wildman–Crippen MR) is 105 cm³/mol. The van der Waals surface area contributed by atoms with Gasteiger partial charge in [0, 0.05) is 44.4 Å². The number of methoxy groups -OCH3 is 2. The molecule has 0 unspecified atom stereocenters. The SMILES string of the molecule is COc1cc(OC)cc(C(=O)N2CCN(Cc3ccc(F)c(Br)c3)CC2)c1. The molecule has 5 nitrogen and oxygen atoms in total. The maximum atomic E-state index is 13.4. The Morgan fingerprint density at radius 3 is 2.22 bits per heavy atom. The summed E-state index contributed by atoms with van der Waals surface area (Å²) in [6.07, 6.45) is 0. The second-order valence-corrected chi connectivity index (χ2v) is 7.27. The van der Waals surface area contributed by atoms with Crippen molar-refractivity contribution < 1.29 is 18.7 Å². The minimum absolute atomic E-state index is 0.0311. The summed E-state index contributed by atoms with van der Waals surface area (Å²) >= 11 is 3.22. The van der Waals surface area contributed by atoms with E-state index in [0.717, 1.165) is 25.2 Å². The molecule has 0 aromatic heterocycles. The molecule has 0 atom stereocenters. The van der Waals surface area contributed by atoms with E-state index in [1.54, 1.807) is 44.6 Å². The molecule has 1 aliphatic rings. The van der Waals surface area contributed by atoms with Gasteiger partial charge in [-0.3, -0.25) is 9.69 Å². The van der Waals surface area contributed by atoms with E-state index in [2.05, 4.69) is 20.8 Å². The van der Waals surface area contributed by atoms with Crippen molar-refractivity contribution in [3.63, 3.8) is 0 Å². The second-order valence-electron chi connectivity index (χ2n) is 6.42. The molecule has 1 fully saturated rings. The first kappa shape index (κ1) is 19.6. The molecule has 0 radical (unpaired) electrons. The Balaban J connectivity index is 1.61. The first-order valence-electron chi connectivity index (χ1n) is 8.69. The van der Waals surface area contributed by atoms with Gasteiger partial charge in [0.2, 0.25) is 0 Å². The van der Waals surface area contributed by atoms with Gasteiger partial charge in [0.05, 0.1) is 18.7 Å². The van der Waals surface area contributed by atoms with Gasteiger partial charge in [0.1, 0.15) is 17.3 Å². The molecular weight excluding hydrogens is 415 g/mol. The number of halogens is 2. The molecule has 1 heterocycles. The first-order chi connectivity index (χ1) is 13.0. The van der Waals surface area contributed by atoms with E-state index in [9.17, 15) is 9.18 Å². The van der Waals surface area contributed by atoms with Gasteiger partial charge in [0.25, 0.3) is 5.91 Å². The van der Waals surface area contributed by atoms with E-state index >= 15 is 0 Å². The highest BCUT2D eigenvalue weighted by molar-refractivity contribution is 9.10. The van der Waals surface area contributed by atoms with E-state index in [1.165, 1.54) is 6.07 Å². The second kappa shape index (κ2) is 8.71. The van der Waals surface area contributed by atoms with E-state index < -0.39 is 0 Å². The summed E-state index contributed by atoms with van der Waals surface area (Å²) in [6.45, 7) is 3.54. The van der Waals surface area contributed by atoms with Gasteiger partial charge in [-0.05, 0) is 45.8 Å². The van der Waals surface area contributed by atoms with E-state index in [1.807, 2.05) is 4.90 Å². The van der Waals surface area contributed by atoms with Crippen molar-refractivity contribution in [1.82, 2.24) is 9.80 Å². The zero-order valence-electron chi connectivity index (χ0n) is 15.4. The van der Waals surface area contributed by atoms with Crippen LogP contribution in [0.4, 0.5) is 4.39 Å². The number of piperazine rings is 1. The maximum Gasteiger partial charge on any atom is 0.254 e. The quantitative estimate of drug-likeness (QED) is 0.718. The van der Waals surface area contributed by atoms with Crippen LogP contribution in [-0.2, 0) is 6.54 Å². The van der Waals surface area contributed by atoms with Crippen molar-refractivity contribution in [2.75, 3.05) is 40.4 Å². The van der Waals surface area contributed by atoms with Crippen LogP contribution in [0, 0.1) is 5.82 Å². The molecule has 3 rings (SSSR count). The summed E-state index contributed by atoms with van der Waals surface area (Å²) < 4.78 is 24.3. The Morgan fingerprint density at radius 1 is 1.04 bits per heavy atom. The van der Waals surface area contributed by atoms with Gasteiger partial charge in [-0.1, -0.05) is 6.07 Å². The molecule has 0 N–H and O–H groups in total. The number of hydrogen-bond donors (Lipinski definition) is 0. The van der Waals surface area contributed by atoms with Crippen LogP contribution in [0.3, 0.4) is 0 Å². The smallest absolute Gasteiger partial charge is 0.254 e. The highest BCUT2D eigenvalue weighted by atomic mass is 79.9. The van der Waals surface area contributed by atoms with Crippen LogP contribution >= 0.6 is 15.9 Å². The zero-order chi connectivity index (χ0) is 19.4. The minimum atomic E-state index is -0.261. The lowest BCUT2D eigenvalue weighted by Crippen LogP contribution is -2.48. The Labute approximate surface area is 166 Å². The third-order valence-electron chi connectivity index (χ3n) is 4.65. The molecule has 1 amide bonds. The molecule has 0 spiro atoms. The molecular formula is C20H22BrFN2O3. The van der Waals surface area contributed by atoms with Crippen LogP contribution in [0.25, 0.3) is 0 Å². The molecule has 0 bridgehead atoms. The van der Waals surface area contributed by atoms with E-state index in [-0.39, 0.29) is 11.7 Å². The predicted octanol–water partition coefficient (Wildman–Crippen LogP) is 3.56. The molecule has 7 heteroatoms. The summed E-state index contributed by atoms with van der Waals surface area (Å²) in [5.41, 5.74) is 1.60. The largest absolute Gasteiger partial charge is 0.497 e. The highest BCUT2D eigenvalue weighted by Crippen LogP contribution is 2.24. The molecule has 0 aliphatic carbocycles. The van der Waals surface area contributed by atoms with Gasteiger partial charge in [-0.25, -0.2) is 4.39 Å². The molecule has 1 saturated heterocycles. The Hall–Kier alpha value is -2.12. The number of rotatable bonds is 5. The molecule has 27 heavy (non-hydrogen) atoms. The van der Waals surface area contributed by atoms with Gasteiger partial charge in [-0.15, -0.1) is 0 Å². The van der Waals surface area contributed by atoms with Crippen molar-refractivity contribution in [3.05, 3.63) is 57.8 Å². The fourth-order valence-corrected chi connectivity index (χ4v) is 3.54. The van der Waals surface area contributed by atoms with Crippen molar-refractivity contribution >= 4 is 21.8 Å². The molecule has 1 aliphatic heterocycles. The van der Waals surface area contributed by atoms with Crippen molar-refractivity contribution in [2.24, 2.45) is 0 Å². The molecule has 144 valence electrons. The Bertz CT molecular complexity index is 801. The van der Waals surface area contributed by atoms with Gasteiger partial charge in [0.15, 0.2) is 0 Å². The lowest BCUT2D eigenvalue weighted by molar-refractivity contribution is 0.0627. The van der Waals surface area contributed by atoms with Gasteiger partial charge < -0.3 is 14.4 Å². The molecule has 2 aromatic carbocycles. The van der Waals surface area contributed by atoms with Crippen LogP contribution in [-0.4, -0.2) is 56.1 Å². The Kier molecular flexibility index (Phi) is 6.34. The molecule has 0 saturated carbocycles. The summed E-state index contributed by atoms with van der Waals surface area (Å²) in [5.74, 6) is 0.899. The average molecular weight is 437 g/mol. The monoisotopic (exact) mass is 436 g/mol. The maximum absolute atomic E-state index is 13.4. The number of carbonyl (C=O) groups excluding carboxylic acids is 1. The van der Waals surface area contributed by atoms with Crippen molar-refractivity contribution in [3.8, 4) is 11.5 Å². The third-order valence-corrected chi connectivity index (χ3v) is 5.26. The Morgan fingerprint density at radius 2 is 1.67 bits per heavy atom. The van der Waals surface area contributed by atoms with Crippen molar-refractivity contribution in [2.45, 2.75) is 6.54 Å². The first-order valence-corrected chi connectivity index (χ1v) is 9.48. The number of carbonyl (C=O) groups is 1. The van der Waals surface area contributed by atoms with Gasteiger partial charge in [-0.2, -0.15) is 0 Å². The van der Waals surface area contributed by atoms with Gasteiger partial charge >= 0.3 is 0 Å². The van der Waals surface area contributed by atoms with Crippen LogP contribution in [0.5, 0.6) is 11.5 Å². The standard InChI is InChI=1S/C20H22BrFN2O3/c1-26-16-10-15(11-17(12-16)27-2)20(25)24-7-5-23(6-8-24)13-14-3-4-19(22)18(21)9-14/h3-4,9-12H,5-8,13H2,1-2H3. The normalized spacial score (nSPS) is 14.9. The molecule has 2 aromatic rings. The topological polar surface area (TPSA) is 42.0 Å². The lowest BCUT2D eigenvalue weighted by atomic mass is 10.1. The fourth-order valence-electron chi connectivity index (χ4n) is 3.12. The minimum Gasteiger partial charge on any atom is -0.497 e. The number of hydrogen-bond acceptors (Lipinski definition) is 4. The summed E-state index contributed by atoms with van der Waals surface area (Å²) in [4.78, 5) is 16.9. The fraction of sp³-hybridized carbons (Fsp3) is 0.350. The number of nitrogens with zero attached hydrogens (tertiary/aromatic N) is 2. The number of ether oxygens (including phenoxy) is 2.